The van der Waals surface area contributed by atoms with Crippen LogP contribution in [0.15, 0.2) is 42.6 Å². The van der Waals surface area contributed by atoms with Crippen LogP contribution in [0.2, 0.25) is 0 Å². The normalized spacial score (nSPS) is 10.3. The standard InChI is InChI=1S/C16H20N2O2/c1-2-8-17-14-7-9-18-15(10-14)12-20-16-6-4-3-5-13(16)11-19/h3-7,9-10,19H,2,8,11-12H2,1H3,(H,17,18). The van der Waals surface area contributed by atoms with Gasteiger partial charge in [-0.2, -0.15) is 0 Å². The van der Waals surface area contributed by atoms with Crippen molar-refractivity contribution < 1.29 is 9.84 Å². The van der Waals surface area contributed by atoms with Crippen molar-refractivity contribution in [2.24, 2.45) is 0 Å². The average Bonchev–Trinajstić information content (AvgIpc) is 2.51. The molecule has 0 amide bonds. The molecule has 2 aromatic rings. The van der Waals surface area contributed by atoms with Gasteiger partial charge < -0.3 is 15.2 Å². The second-order valence-electron chi connectivity index (χ2n) is 4.52. The summed E-state index contributed by atoms with van der Waals surface area (Å²) in [5, 5.41) is 12.6. The van der Waals surface area contributed by atoms with Gasteiger partial charge in [-0.15, -0.1) is 0 Å². The van der Waals surface area contributed by atoms with Gasteiger partial charge in [0.25, 0.3) is 0 Å². The van der Waals surface area contributed by atoms with Gasteiger partial charge in [-0.1, -0.05) is 25.1 Å². The van der Waals surface area contributed by atoms with E-state index in [0.717, 1.165) is 29.9 Å². The summed E-state index contributed by atoms with van der Waals surface area (Å²) in [5.41, 5.74) is 2.70. The quantitative estimate of drug-likeness (QED) is 0.813. The largest absolute Gasteiger partial charge is 0.487 e. The minimum Gasteiger partial charge on any atom is -0.487 e. The van der Waals surface area contributed by atoms with E-state index in [0.29, 0.717) is 12.4 Å². The maximum Gasteiger partial charge on any atom is 0.130 e. The summed E-state index contributed by atoms with van der Waals surface area (Å²) in [6.45, 7) is 3.43. The monoisotopic (exact) mass is 272 g/mol. The third-order valence-corrected chi connectivity index (χ3v) is 2.91. The Balaban J connectivity index is 1.99. The molecule has 1 aromatic carbocycles. The van der Waals surface area contributed by atoms with Gasteiger partial charge in [-0.25, -0.2) is 0 Å². The number of nitrogens with one attached hydrogen (secondary N) is 1. The molecule has 1 aromatic heterocycles. The molecule has 2 N–H and O–H groups in total. The number of nitrogens with zero attached hydrogens (tertiary/aromatic N) is 1. The molecule has 0 aliphatic carbocycles. The fraction of sp³-hybridized carbons (Fsp3) is 0.312. The molecule has 0 saturated carbocycles. The van der Waals surface area contributed by atoms with Crippen molar-refractivity contribution in [2.45, 2.75) is 26.6 Å². The minimum atomic E-state index is -0.0261. The van der Waals surface area contributed by atoms with Crippen molar-refractivity contribution in [3.05, 3.63) is 53.9 Å². The lowest BCUT2D eigenvalue weighted by Gasteiger charge is -2.10. The van der Waals surface area contributed by atoms with E-state index in [1.165, 1.54) is 0 Å². The van der Waals surface area contributed by atoms with Crippen molar-refractivity contribution in [2.75, 3.05) is 11.9 Å². The SMILES string of the molecule is CCCNc1ccnc(COc2ccccc2CO)c1. The molecule has 1 heterocycles. The number of hydrogen-bond donors (Lipinski definition) is 2. The van der Waals surface area contributed by atoms with Crippen molar-refractivity contribution in [3.8, 4) is 5.75 Å². The third kappa shape index (κ3) is 3.96. The smallest absolute Gasteiger partial charge is 0.130 e. The number of aliphatic hydroxyl groups excluding tert-OH is 1. The number of pyridine rings is 1. The molecule has 106 valence electrons. The van der Waals surface area contributed by atoms with Gasteiger partial charge in [0.05, 0.1) is 12.3 Å². The first-order valence-corrected chi connectivity index (χ1v) is 6.84. The number of benzene rings is 1. The van der Waals surface area contributed by atoms with Crippen LogP contribution in [0.3, 0.4) is 0 Å². The lowest BCUT2D eigenvalue weighted by molar-refractivity contribution is 0.257. The molecule has 0 fully saturated rings. The van der Waals surface area contributed by atoms with Gasteiger partial charge in [0.1, 0.15) is 12.4 Å². The fourth-order valence-electron chi connectivity index (χ4n) is 1.86. The minimum absolute atomic E-state index is 0.0261. The highest BCUT2D eigenvalue weighted by Crippen LogP contribution is 2.19. The number of ether oxygens (including phenoxy) is 1. The van der Waals surface area contributed by atoms with E-state index in [2.05, 4.69) is 17.2 Å². The number of anilines is 1. The van der Waals surface area contributed by atoms with Crippen LogP contribution in [-0.4, -0.2) is 16.6 Å². The fourth-order valence-corrected chi connectivity index (χ4v) is 1.86. The van der Waals surface area contributed by atoms with E-state index in [-0.39, 0.29) is 6.61 Å². The van der Waals surface area contributed by atoms with Crippen LogP contribution in [0.4, 0.5) is 5.69 Å². The summed E-state index contributed by atoms with van der Waals surface area (Å²) in [7, 11) is 0. The van der Waals surface area contributed by atoms with E-state index in [1.807, 2.05) is 36.4 Å². The van der Waals surface area contributed by atoms with Crippen molar-refractivity contribution in [1.29, 1.82) is 0 Å². The van der Waals surface area contributed by atoms with Crippen LogP contribution >= 0.6 is 0 Å². The molecule has 0 aliphatic heterocycles. The Bertz CT molecular complexity index is 544. The molecule has 2 rings (SSSR count). The Morgan fingerprint density at radius 2 is 2.10 bits per heavy atom. The number of para-hydroxylation sites is 1. The molecule has 0 aliphatic rings. The zero-order chi connectivity index (χ0) is 14.2. The predicted octanol–water partition coefficient (Wildman–Crippen LogP) is 2.97. The van der Waals surface area contributed by atoms with E-state index >= 15 is 0 Å². The van der Waals surface area contributed by atoms with Gasteiger partial charge in [0, 0.05) is 24.0 Å². The van der Waals surface area contributed by atoms with Crippen LogP contribution in [0, 0.1) is 0 Å². The highest BCUT2D eigenvalue weighted by Gasteiger charge is 2.03. The number of rotatable bonds is 7. The Kier molecular flexibility index (Phi) is 5.38. The lowest BCUT2D eigenvalue weighted by atomic mass is 10.2. The van der Waals surface area contributed by atoms with Crippen molar-refractivity contribution in [1.82, 2.24) is 4.98 Å². The van der Waals surface area contributed by atoms with Gasteiger partial charge >= 0.3 is 0 Å². The molecular weight excluding hydrogens is 252 g/mol. The third-order valence-electron chi connectivity index (χ3n) is 2.91. The summed E-state index contributed by atoms with van der Waals surface area (Å²) < 4.78 is 5.72. The molecule has 0 atom stereocenters. The molecule has 4 nitrogen and oxygen atoms in total. The van der Waals surface area contributed by atoms with E-state index in [9.17, 15) is 5.11 Å². The Labute approximate surface area is 119 Å². The van der Waals surface area contributed by atoms with Gasteiger partial charge in [0.2, 0.25) is 0 Å². The number of aliphatic hydroxyl groups is 1. The summed E-state index contributed by atoms with van der Waals surface area (Å²) in [6.07, 6.45) is 2.85. The van der Waals surface area contributed by atoms with Crippen LogP contribution in [0.25, 0.3) is 0 Å². The van der Waals surface area contributed by atoms with Crippen LogP contribution < -0.4 is 10.1 Å². The van der Waals surface area contributed by atoms with Crippen LogP contribution in [-0.2, 0) is 13.2 Å². The summed E-state index contributed by atoms with van der Waals surface area (Å²) in [6, 6.07) is 11.4. The Hall–Kier alpha value is -2.07. The topological polar surface area (TPSA) is 54.4 Å². The summed E-state index contributed by atoms with van der Waals surface area (Å²) in [4.78, 5) is 4.29. The lowest BCUT2D eigenvalue weighted by Crippen LogP contribution is -2.03. The van der Waals surface area contributed by atoms with E-state index in [1.54, 1.807) is 6.20 Å². The summed E-state index contributed by atoms with van der Waals surface area (Å²) in [5.74, 6) is 0.698. The molecule has 20 heavy (non-hydrogen) atoms. The van der Waals surface area contributed by atoms with Crippen molar-refractivity contribution >= 4 is 5.69 Å². The van der Waals surface area contributed by atoms with Crippen molar-refractivity contribution in [3.63, 3.8) is 0 Å². The zero-order valence-corrected chi connectivity index (χ0v) is 11.7. The molecule has 0 saturated heterocycles. The Morgan fingerprint density at radius 3 is 2.90 bits per heavy atom. The summed E-state index contributed by atoms with van der Waals surface area (Å²) >= 11 is 0. The first kappa shape index (κ1) is 14.3. The molecule has 0 unspecified atom stereocenters. The van der Waals surface area contributed by atoms with E-state index in [4.69, 9.17) is 4.74 Å². The molecule has 0 spiro atoms. The molecule has 4 heteroatoms. The highest BCUT2D eigenvalue weighted by atomic mass is 16.5. The van der Waals surface area contributed by atoms with E-state index < -0.39 is 0 Å². The first-order chi connectivity index (χ1) is 9.83. The highest BCUT2D eigenvalue weighted by molar-refractivity contribution is 5.43. The maximum atomic E-state index is 9.25. The average molecular weight is 272 g/mol. The van der Waals surface area contributed by atoms with Gasteiger partial charge in [0.15, 0.2) is 0 Å². The Morgan fingerprint density at radius 1 is 1.25 bits per heavy atom. The second-order valence-corrected chi connectivity index (χ2v) is 4.52. The molecular formula is C16H20N2O2. The van der Waals surface area contributed by atoms with Crippen LogP contribution in [0.1, 0.15) is 24.6 Å². The number of hydrogen-bond acceptors (Lipinski definition) is 4. The molecule has 0 bridgehead atoms. The van der Waals surface area contributed by atoms with Gasteiger partial charge in [-0.05, 0) is 24.6 Å². The second kappa shape index (κ2) is 7.50. The maximum absolute atomic E-state index is 9.25. The van der Waals surface area contributed by atoms with Gasteiger partial charge in [-0.3, -0.25) is 4.98 Å². The number of aromatic nitrogens is 1. The first-order valence-electron chi connectivity index (χ1n) is 6.84. The zero-order valence-electron chi connectivity index (χ0n) is 11.7. The predicted molar refractivity (Wildman–Crippen MR) is 79.7 cm³/mol. The molecule has 0 radical (unpaired) electrons. The van der Waals surface area contributed by atoms with Crippen LogP contribution in [0.5, 0.6) is 5.75 Å².